The molecule has 0 aromatic heterocycles. The summed E-state index contributed by atoms with van der Waals surface area (Å²) in [5.41, 5.74) is 20.6. The van der Waals surface area contributed by atoms with E-state index in [2.05, 4.69) is 362 Å². The molecule has 12 aliphatic heterocycles. The van der Waals surface area contributed by atoms with Crippen LogP contribution in [0.15, 0.2) is 50.7 Å². The Kier molecular flexibility index (Phi) is 26.2. The lowest BCUT2D eigenvalue weighted by molar-refractivity contribution is -0.262. The Hall–Kier alpha value is -4.17. The zero-order valence-electron chi connectivity index (χ0n) is 83.2. The molecule has 27 heteroatoms. The Balaban J connectivity index is 0.893. The van der Waals surface area contributed by atoms with E-state index in [1.807, 2.05) is 0 Å². The SMILES string of the molecule is CC1(C)CC(ON2NC(NCCN(CCN=C3C=C(NC4CC(C)(C)N(C5CC(C)(C)NC(C)(C)C5)C(C)(C)C4)NN(OC4CC(C)(C)NC(C)(C)C4)N3)C3=CC(=NC4CC(C)(C)N(C5CC(C)(C)NC(C)(C)C5)C(C)(C)C4)NN(OC4CC(C)(C)NC(C)(C)C4)N3)=CC(=NC3CC(C)(C)N(C4CC(C)(C)NC(C)(C)C4)C(C)(C)C3)N2)CC(C)(C)N1. The molecule has 12 rings (SSSR count). The number of aliphatic imine (C=N–C) groups is 3. The monoisotopic (exact) mass is 1690 g/mol. The van der Waals surface area contributed by atoms with Gasteiger partial charge in [0.05, 0.1) is 36.9 Å². The molecule has 0 aromatic rings. The summed E-state index contributed by atoms with van der Waals surface area (Å²) in [5.74, 6) is 4.67. The Morgan fingerprint density at radius 3 is 0.917 bits per heavy atom. The van der Waals surface area contributed by atoms with E-state index >= 15 is 0 Å². The van der Waals surface area contributed by atoms with Crippen molar-refractivity contribution in [3.05, 3.63) is 35.7 Å². The predicted molar refractivity (Wildman–Crippen MR) is 497 cm³/mol. The smallest absolute Gasteiger partial charge is 0.142 e. The lowest BCUT2D eigenvalue weighted by Crippen LogP contribution is -2.71. The molecule has 9 fully saturated rings. The molecule has 27 nitrogen and oxygen atoms in total. The second-order valence-corrected chi connectivity index (χ2v) is 51.7. The van der Waals surface area contributed by atoms with Crippen LogP contribution in [-0.4, -0.2) is 233 Å². The molecule has 12 aliphatic rings. The van der Waals surface area contributed by atoms with Gasteiger partial charge in [0.1, 0.15) is 35.0 Å². The molecule has 0 unspecified atom stereocenters. The average molecular weight is 1690 g/mol. The maximum Gasteiger partial charge on any atom is 0.142 e. The van der Waals surface area contributed by atoms with E-state index in [4.69, 9.17) is 29.5 Å². The Morgan fingerprint density at radius 1 is 0.314 bits per heavy atom. The van der Waals surface area contributed by atoms with Crippen LogP contribution in [0.2, 0.25) is 0 Å². The van der Waals surface area contributed by atoms with E-state index in [-0.39, 0.29) is 136 Å². The number of piperidine rings is 9. The van der Waals surface area contributed by atoms with Crippen molar-refractivity contribution in [2.45, 2.75) is 519 Å². The zero-order chi connectivity index (χ0) is 89.5. The van der Waals surface area contributed by atoms with Crippen LogP contribution in [0.25, 0.3) is 0 Å². The maximum atomic E-state index is 7.26. The summed E-state index contributed by atoms with van der Waals surface area (Å²) in [7, 11) is 0. The van der Waals surface area contributed by atoms with Crippen LogP contribution in [0.1, 0.15) is 365 Å². The molecule has 0 amide bonds. The number of hydrogen-bond donors (Lipinski definition) is 14. The number of likely N-dealkylation sites (tertiary alicyclic amines) is 3. The summed E-state index contributed by atoms with van der Waals surface area (Å²) >= 11 is 0. The number of rotatable bonds is 21. The van der Waals surface area contributed by atoms with Crippen LogP contribution in [-0.2, 0) is 14.5 Å². The third kappa shape index (κ3) is 24.8. The fourth-order valence-electron chi connectivity index (χ4n) is 28.3. The standard InChI is InChI=1S/C94H178N24O3/c1-77(2)50-65(51-78(3,4)106-77)113-89(25,26)44-62(45-90(113,27)28)97-73-41-71(100-116(102-73)119-68-56-83(13,14)109-84(15,16)57-68)95-37-39-112(76-43-75(104-118(105-76)121-70-60-87(21,22)111-88(23,24)61-70)99-64-48-93(33,34)115(94(35,36)49-64)67-54-81(9,10)108-82(11,12)55-67)40-38-96-72-42-74(103-117(101-72)120-69-58-85(17,18)110-86(19,20)59-69)98-63-46-91(29,30)114(92(31,32)47-63)66-52-79(5,6)107-80(7,8)53-66/h41-43,62-70,95,98,100,103,105-111H,37-40,44-61H2,1-36H3,(H,96,101)(H,97,102)(H,99,104). The largest absolute Gasteiger partial charge is 0.369 e. The Morgan fingerprint density at radius 2 is 0.587 bits per heavy atom. The van der Waals surface area contributed by atoms with Gasteiger partial charge >= 0.3 is 0 Å². The second kappa shape index (κ2) is 33.1. The molecule has 9 saturated heterocycles. The first-order valence-electron chi connectivity index (χ1n) is 47.2. The first kappa shape index (κ1) is 95.9. The summed E-state index contributed by atoms with van der Waals surface area (Å²) in [6.45, 7) is 87.5. The van der Waals surface area contributed by atoms with Crippen molar-refractivity contribution in [3.63, 3.8) is 0 Å². The van der Waals surface area contributed by atoms with Gasteiger partial charge in [0, 0.05) is 162 Å². The van der Waals surface area contributed by atoms with Gasteiger partial charge in [-0.25, -0.2) is 0 Å². The highest BCUT2D eigenvalue weighted by atomic mass is 16.8. The highest BCUT2D eigenvalue weighted by Gasteiger charge is 2.57. The molecule has 0 aliphatic carbocycles. The zero-order valence-corrected chi connectivity index (χ0v) is 83.2. The fraction of sp³-hybridized carbons (Fsp3) is 0.904. The minimum atomic E-state index is -0.171. The van der Waals surface area contributed by atoms with Gasteiger partial charge in [-0.15, -0.1) is 0 Å². The molecule has 12 heterocycles. The van der Waals surface area contributed by atoms with E-state index < -0.39 is 0 Å². The van der Waals surface area contributed by atoms with Gasteiger partial charge in [0.25, 0.3) is 0 Å². The Labute approximate surface area is 734 Å². The summed E-state index contributed by atoms with van der Waals surface area (Å²) in [4.78, 5) is 49.7. The average Bonchev–Trinajstić information content (AvgIpc) is 0.745. The van der Waals surface area contributed by atoms with E-state index in [1.165, 1.54) is 0 Å². The van der Waals surface area contributed by atoms with Gasteiger partial charge in [0.2, 0.25) is 0 Å². The minimum Gasteiger partial charge on any atom is -0.369 e. The van der Waals surface area contributed by atoms with E-state index in [0.717, 1.165) is 145 Å². The first-order chi connectivity index (χ1) is 54.9. The predicted octanol–water partition coefficient (Wildman–Crippen LogP) is 12.9. The summed E-state index contributed by atoms with van der Waals surface area (Å²) in [6.07, 6.45) is 23.2. The molecule has 0 atom stereocenters. The highest BCUT2D eigenvalue weighted by molar-refractivity contribution is 5.94. The first-order valence-corrected chi connectivity index (χ1v) is 47.2. The second-order valence-electron chi connectivity index (χ2n) is 51.7. The van der Waals surface area contributed by atoms with E-state index in [0.29, 0.717) is 50.1 Å². The number of amidine groups is 3. The molecular formula is C94H178N24O3. The van der Waals surface area contributed by atoms with E-state index in [9.17, 15) is 0 Å². The highest BCUT2D eigenvalue weighted by Crippen LogP contribution is 2.50. The van der Waals surface area contributed by atoms with Crippen LogP contribution in [0.5, 0.6) is 0 Å². The molecule has 0 spiro atoms. The number of hydrazine groups is 6. The van der Waals surface area contributed by atoms with Crippen molar-refractivity contribution in [1.29, 1.82) is 0 Å². The normalized spacial score (nSPS) is 31.9. The third-order valence-electron chi connectivity index (χ3n) is 28.0. The lowest BCUT2D eigenvalue weighted by atomic mass is 9.71. The van der Waals surface area contributed by atoms with Crippen LogP contribution >= 0.6 is 0 Å². The van der Waals surface area contributed by atoms with Crippen LogP contribution in [0.4, 0.5) is 0 Å². The molecule has 0 radical (unpaired) electrons. The molecule has 0 saturated carbocycles. The number of hydrogen-bond acceptors (Lipinski definition) is 24. The molecule has 121 heavy (non-hydrogen) atoms. The van der Waals surface area contributed by atoms with Gasteiger partial charge in [-0.05, 0) is 381 Å². The molecule has 14 N–H and O–H groups in total. The molecule has 692 valence electrons. The lowest BCUT2D eigenvalue weighted by Gasteiger charge is -2.62. The minimum absolute atomic E-state index is 0.00427. The van der Waals surface area contributed by atoms with Gasteiger partial charge in [-0.2, -0.15) is 0 Å². The topological polar surface area (TPSA) is 256 Å². The molecule has 0 aromatic carbocycles. The quantitative estimate of drug-likeness (QED) is 0.0510. The number of nitrogens with zero attached hydrogens (tertiary/aromatic N) is 10. The summed E-state index contributed by atoms with van der Waals surface area (Å²) < 4.78 is 0. The van der Waals surface area contributed by atoms with Crippen LogP contribution in [0, 0.1) is 0 Å². The van der Waals surface area contributed by atoms with Gasteiger partial charge in [-0.3, -0.25) is 76.7 Å². The van der Waals surface area contributed by atoms with Crippen molar-refractivity contribution in [3.8, 4) is 0 Å². The van der Waals surface area contributed by atoms with Crippen LogP contribution in [0.3, 0.4) is 0 Å². The van der Waals surface area contributed by atoms with Crippen molar-refractivity contribution in [2.75, 3.05) is 26.2 Å². The van der Waals surface area contributed by atoms with Crippen molar-refractivity contribution >= 4 is 17.5 Å². The fourth-order valence-corrected chi connectivity index (χ4v) is 28.3. The van der Waals surface area contributed by atoms with Crippen molar-refractivity contribution in [1.82, 2.24) is 111 Å². The van der Waals surface area contributed by atoms with Gasteiger partial charge in [-0.1, -0.05) is 0 Å². The number of nitrogens with one attached hydrogen (secondary N) is 14. The Bertz CT molecular complexity index is 3700. The summed E-state index contributed by atoms with van der Waals surface area (Å²) in [5, 5.41) is 36.9. The molecular weight excluding hydrogens is 1510 g/mol. The maximum absolute atomic E-state index is 7.26. The molecule has 0 bridgehead atoms. The van der Waals surface area contributed by atoms with E-state index in [1.54, 1.807) is 15.8 Å². The van der Waals surface area contributed by atoms with Crippen molar-refractivity contribution in [2.24, 2.45) is 15.0 Å². The van der Waals surface area contributed by atoms with Crippen molar-refractivity contribution < 1.29 is 14.5 Å². The summed E-state index contributed by atoms with van der Waals surface area (Å²) in [6, 6.07) is 1.47. The third-order valence-corrected chi connectivity index (χ3v) is 28.0. The van der Waals surface area contributed by atoms with Gasteiger partial charge in [0.15, 0.2) is 0 Å². The van der Waals surface area contributed by atoms with Gasteiger partial charge < -0.3 is 47.4 Å². The van der Waals surface area contributed by atoms with Crippen LogP contribution < -0.4 is 75.1 Å².